The molecule has 0 saturated heterocycles. The number of rotatable bonds is 7. The van der Waals surface area contributed by atoms with Gasteiger partial charge in [-0.1, -0.05) is 30.3 Å². The van der Waals surface area contributed by atoms with Crippen molar-refractivity contribution in [1.29, 1.82) is 0 Å². The summed E-state index contributed by atoms with van der Waals surface area (Å²) in [5.41, 5.74) is 2.68. The molecule has 1 aliphatic rings. The molecule has 1 fully saturated rings. The van der Waals surface area contributed by atoms with Crippen LogP contribution in [0.15, 0.2) is 101 Å². The van der Waals surface area contributed by atoms with Crippen molar-refractivity contribution in [3.05, 3.63) is 96.7 Å². The smallest absolute Gasteiger partial charge is 0.251 e. The summed E-state index contributed by atoms with van der Waals surface area (Å²) in [4.78, 5) is 21.9. The van der Waals surface area contributed by atoms with E-state index in [9.17, 15) is 18.3 Å². The predicted octanol–water partition coefficient (Wildman–Crippen LogP) is 4.75. The highest BCUT2D eigenvalue weighted by atomic mass is 32.2. The number of hydrogen-bond donors (Lipinski definition) is 3. The fourth-order valence-corrected chi connectivity index (χ4v) is 5.73. The molecule has 1 aliphatic carbocycles. The Morgan fingerprint density at radius 1 is 0.816 bits per heavy atom. The maximum atomic E-state index is 12.8. The van der Waals surface area contributed by atoms with Crippen LogP contribution in [0, 0.1) is 0 Å². The van der Waals surface area contributed by atoms with E-state index in [1.165, 1.54) is 0 Å². The highest BCUT2D eigenvalue weighted by molar-refractivity contribution is 7.91. The molecular weight excluding hydrogens is 500 g/mol. The third-order valence-corrected chi connectivity index (χ3v) is 8.39. The standard InChI is InChI=1S/C29H28N4O4S/c34-24-14-12-22(13-15-24)31-28(35)21-6-10-23(11-7-21)32-29-30-19-18-27(33-29)20-8-16-26(17-9-20)38(36,37)25-4-2-1-3-5-25/h1-11,16-19,22,24,34H,12-15H2,(H,31,35)(H,30,32,33). The number of aliphatic hydroxyl groups excluding tert-OH is 1. The molecule has 4 aromatic rings. The number of carbonyl (C=O) groups is 1. The van der Waals surface area contributed by atoms with E-state index in [0.29, 0.717) is 30.0 Å². The Kier molecular flexibility index (Phi) is 7.48. The number of aromatic nitrogens is 2. The first-order valence-corrected chi connectivity index (χ1v) is 14.0. The first-order chi connectivity index (χ1) is 18.4. The van der Waals surface area contributed by atoms with Crippen molar-refractivity contribution in [3.63, 3.8) is 0 Å². The van der Waals surface area contributed by atoms with Gasteiger partial charge in [0.1, 0.15) is 0 Å². The van der Waals surface area contributed by atoms with E-state index >= 15 is 0 Å². The Morgan fingerprint density at radius 3 is 2.16 bits per heavy atom. The van der Waals surface area contributed by atoms with Crippen LogP contribution in [0.5, 0.6) is 0 Å². The minimum atomic E-state index is -3.59. The van der Waals surface area contributed by atoms with Crippen LogP contribution in [0.3, 0.4) is 0 Å². The maximum absolute atomic E-state index is 12.8. The molecule has 0 radical (unpaired) electrons. The zero-order valence-corrected chi connectivity index (χ0v) is 21.4. The zero-order chi connectivity index (χ0) is 26.5. The van der Waals surface area contributed by atoms with Crippen LogP contribution in [0.1, 0.15) is 36.0 Å². The number of hydrogen-bond acceptors (Lipinski definition) is 7. The number of sulfone groups is 1. The maximum Gasteiger partial charge on any atom is 0.251 e. The second-order valence-corrected chi connectivity index (χ2v) is 11.2. The van der Waals surface area contributed by atoms with Crippen LogP contribution in [0.2, 0.25) is 0 Å². The molecule has 194 valence electrons. The second-order valence-electron chi connectivity index (χ2n) is 9.29. The van der Waals surface area contributed by atoms with Crippen LogP contribution in [-0.2, 0) is 9.84 Å². The number of carbonyl (C=O) groups excluding carboxylic acids is 1. The van der Waals surface area contributed by atoms with E-state index in [2.05, 4.69) is 20.6 Å². The van der Waals surface area contributed by atoms with E-state index < -0.39 is 9.84 Å². The van der Waals surface area contributed by atoms with Crippen molar-refractivity contribution in [2.75, 3.05) is 5.32 Å². The van der Waals surface area contributed by atoms with Crippen molar-refractivity contribution in [1.82, 2.24) is 15.3 Å². The van der Waals surface area contributed by atoms with Gasteiger partial charge in [-0.05, 0) is 80.3 Å². The Bertz CT molecular complexity index is 1500. The average molecular weight is 529 g/mol. The SMILES string of the molecule is O=C(NC1CCC(O)CC1)c1ccc(Nc2nccc(-c3ccc(S(=O)(=O)c4ccccc4)cc3)n2)cc1. The lowest BCUT2D eigenvalue weighted by molar-refractivity contribution is 0.0867. The van der Waals surface area contributed by atoms with Crippen LogP contribution in [0.25, 0.3) is 11.3 Å². The molecule has 38 heavy (non-hydrogen) atoms. The molecule has 8 nitrogen and oxygen atoms in total. The van der Waals surface area contributed by atoms with E-state index in [1.54, 1.807) is 91.1 Å². The molecule has 1 heterocycles. The predicted molar refractivity (Wildman–Crippen MR) is 145 cm³/mol. The van der Waals surface area contributed by atoms with Gasteiger partial charge >= 0.3 is 0 Å². The van der Waals surface area contributed by atoms with Crippen LogP contribution >= 0.6 is 0 Å². The molecular formula is C29H28N4O4S. The molecule has 0 aliphatic heterocycles. The molecule has 3 aromatic carbocycles. The van der Waals surface area contributed by atoms with Crippen molar-refractivity contribution in [3.8, 4) is 11.3 Å². The van der Waals surface area contributed by atoms with Crippen molar-refractivity contribution < 1.29 is 18.3 Å². The van der Waals surface area contributed by atoms with Gasteiger partial charge < -0.3 is 15.7 Å². The Balaban J connectivity index is 1.24. The average Bonchev–Trinajstić information content (AvgIpc) is 2.95. The van der Waals surface area contributed by atoms with Crippen molar-refractivity contribution in [2.45, 2.75) is 47.6 Å². The molecule has 0 bridgehead atoms. The first-order valence-electron chi connectivity index (χ1n) is 12.5. The second kappa shape index (κ2) is 11.1. The minimum absolute atomic E-state index is 0.0901. The number of amides is 1. The molecule has 0 spiro atoms. The monoisotopic (exact) mass is 528 g/mol. The van der Waals surface area contributed by atoms with Gasteiger partial charge in [0.05, 0.1) is 21.6 Å². The number of aliphatic hydroxyl groups is 1. The van der Waals surface area contributed by atoms with Gasteiger partial charge in [0.2, 0.25) is 15.8 Å². The van der Waals surface area contributed by atoms with Gasteiger partial charge in [-0.3, -0.25) is 4.79 Å². The summed E-state index contributed by atoms with van der Waals surface area (Å²) in [5, 5.41) is 15.8. The number of nitrogens with one attached hydrogen (secondary N) is 2. The lowest BCUT2D eigenvalue weighted by Gasteiger charge is -2.26. The quantitative estimate of drug-likeness (QED) is 0.316. The Hall–Kier alpha value is -4.08. The highest BCUT2D eigenvalue weighted by Crippen LogP contribution is 2.25. The summed E-state index contributed by atoms with van der Waals surface area (Å²) in [7, 11) is -3.59. The highest BCUT2D eigenvalue weighted by Gasteiger charge is 2.21. The molecule has 9 heteroatoms. The fraction of sp³-hybridized carbons (Fsp3) is 0.207. The van der Waals surface area contributed by atoms with E-state index in [0.717, 1.165) is 24.1 Å². The normalized spacial score (nSPS) is 17.5. The van der Waals surface area contributed by atoms with Crippen LogP contribution < -0.4 is 10.6 Å². The molecule has 5 rings (SSSR count). The van der Waals surface area contributed by atoms with Gasteiger partial charge in [-0.2, -0.15) is 0 Å². The van der Waals surface area contributed by atoms with E-state index in [1.807, 2.05) is 0 Å². The van der Waals surface area contributed by atoms with Gasteiger partial charge in [0, 0.05) is 29.1 Å². The van der Waals surface area contributed by atoms with Gasteiger partial charge in [-0.25, -0.2) is 18.4 Å². The third kappa shape index (κ3) is 5.90. The molecule has 0 unspecified atom stereocenters. The molecule has 0 atom stereocenters. The van der Waals surface area contributed by atoms with Crippen LogP contribution in [0.4, 0.5) is 11.6 Å². The summed E-state index contributed by atoms with van der Waals surface area (Å²) in [6, 6.07) is 23.8. The number of nitrogens with zero attached hydrogens (tertiary/aromatic N) is 2. The Labute approximate surface area is 221 Å². The number of anilines is 2. The van der Waals surface area contributed by atoms with Crippen LogP contribution in [-0.4, -0.2) is 41.5 Å². The topological polar surface area (TPSA) is 121 Å². The molecule has 1 aromatic heterocycles. The fourth-order valence-electron chi connectivity index (χ4n) is 4.44. The summed E-state index contributed by atoms with van der Waals surface area (Å²) >= 11 is 0. The first kappa shape index (κ1) is 25.6. The van der Waals surface area contributed by atoms with Gasteiger partial charge in [0.25, 0.3) is 5.91 Å². The summed E-state index contributed by atoms with van der Waals surface area (Å²) in [6.45, 7) is 0. The molecule has 1 amide bonds. The summed E-state index contributed by atoms with van der Waals surface area (Å²) in [5.74, 6) is 0.246. The van der Waals surface area contributed by atoms with E-state index in [4.69, 9.17) is 0 Å². The Morgan fingerprint density at radius 2 is 1.47 bits per heavy atom. The minimum Gasteiger partial charge on any atom is -0.393 e. The van der Waals surface area contributed by atoms with Gasteiger partial charge in [0.15, 0.2) is 0 Å². The van der Waals surface area contributed by atoms with Crippen molar-refractivity contribution >= 4 is 27.4 Å². The third-order valence-electron chi connectivity index (χ3n) is 6.60. The summed E-state index contributed by atoms with van der Waals surface area (Å²) < 4.78 is 25.7. The van der Waals surface area contributed by atoms with Crippen molar-refractivity contribution in [2.24, 2.45) is 0 Å². The molecule has 3 N–H and O–H groups in total. The largest absolute Gasteiger partial charge is 0.393 e. The summed E-state index contributed by atoms with van der Waals surface area (Å²) in [6.07, 6.45) is 4.36. The zero-order valence-electron chi connectivity index (χ0n) is 20.6. The lowest BCUT2D eigenvalue weighted by Crippen LogP contribution is -2.38. The molecule has 1 saturated carbocycles. The van der Waals surface area contributed by atoms with E-state index in [-0.39, 0.29) is 27.8 Å². The lowest BCUT2D eigenvalue weighted by atomic mass is 9.93. The van der Waals surface area contributed by atoms with Gasteiger partial charge in [-0.15, -0.1) is 0 Å². The number of benzene rings is 3.